The summed E-state index contributed by atoms with van der Waals surface area (Å²) in [6.07, 6.45) is 3.42. The van der Waals surface area contributed by atoms with Crippen molar-refractivity contribution in [3.8, 4) is 0 Å². The van der Waals surface area contributed by atoms with E-state index in [4.69, 9.17) is 0 Å². The summed E-state index contributed by atoms with van der Waals surface area (Å²) in [5.74, 6) is 0. The van der Waals surface area contributed by atoms with Crippen molar-refractivity contribution in [2.75, 3.05) is 0 Å². The molecule has 0 saturated carbocycles. The molecular formula is C6H5N3S. The van der Waals surface area contributed by atoms with Gasteiger partial charge in [-0.1, -0.05) is 0 Å². The molecule has 0 fully saturated rings. The van der Waals surface area contributed by atoms with E-state index in [1.165, 1.54) is 0 Å². The lowest BCUT2D eigenvalue weighted by atomic mass is 10.5. The van der Waals surface area contributed by atoms with Crippen LogP contribution in [-0.2, 0) is 0 Å². The molecule has 3 nitrogen and oxygen atoms in total. The van der Waals surface area contributed by atoms with Gasteiger partial charge in [0, 0.05) is 0 Å². The molecule has 0 N–H and O–H groups in total. The first-order chi connectivity index (χ1) is 4.86. The molecule has 0 amide bonds. The Morgan fingerprint density at radius 2 is 2.10 bits per heavy atom. The van der Waals surface area contributed by atoms with Gasteiger partial charge < -0.3 is 0 Å². The van der Waals surface area contributed by atoms with Crippen molar-refractivity contribution in [1.82, 2.24) is 15.2 Å². The van der Waals surface area contributed by atoms with Crippen LogP contribution in [0.2, 0.25) is 0 Å². The predicted octanol–water partition coefficient (Wildman–Crippen LogP) is 1.39. The molecule has 0 aliphatic rings. The number of rotatable bonds is 0. The van der Waals surface area contributed by atoms with Crippen molar-refractivity contribution in [2.45, 2.75) is 6.92 Å². The quantitative estimate of drug-likeness (QED) is 0.571. The third-order valence-electron chi connectivity index (χ3n) is 1.21. The van der Waals surface area contributed by atoms with E-state index >= 15 is 0 Å². The van der Waals surface area contributed by atoms with Crippen LogP contribution >= 0.6 is 11.3 Å². The molecule has 0 aliphatic carbocycles. The van der Waals surface area contributed by atoms with Crippen molar-refractivity contribution in [3.05, 3.63) is 17.4 Å². The molecule has 2 aromatic rings. The summed E-state index contributed by atoms with van der Waals surface area (Å²) in [5, 5.41) is 8.53. The number of aromatic nitrogens is 3. The molecule has 4 heteroatoms. The SMILES string of the molecule is Cc1nc2cnncc2s1. The molecule has 0 aliphatic heterocycles. The van der Waals surface area contributed by atoms with Crippen molar-refractivity contribution in [2.24, 2.45) is 0 Å². The fraction of sp³-hybridized carbons (Fsp3) is 0.167. The van der Waals surface area contributed by atoms with Gasteiger partial charge in [-0.3, -0.25) is 0 Å². The number of hydrogen-bond acceptors (Lipinski definition) is 4. The molecule has 2 heterocycles. The highest BCUT2D eigenvalue weighted by Gasteiger charge is 1.97. The molecule has 50 valence electrons. The first-order valence-corrected chi connectivity index (χ1v) is 3.72. The normalized spacial score (nSPS) is 10.5. The number of aryl methyl sites for hydroxylation is 1. The lowest BCUT2D eigenvalue weighted by Gasteiger charge is -1.78. The molecule has 0 saturated heterocycles. The van der Waals surface area contributed by atoms with Gasteiger partial charge in [0.1, 0.15) is 5.52 Å². The van der Waals surface area contributed by atoms with Crippen molar-refractivity contribution in [1.29, 1.82) is 0 Å². The van der Waals surface area contributed by atoms with Crippen LogP contribution in [0.15, 0.2) is 12.4 Å². The van der Waals surface area contributed by atoms with Gasteiger partial charge in [-0.2, -0.15) is 10.2 Å². The Morgan fingerprint density at radius 1 is 1.30 bits per heavy atom. The molecule has 0 spiro atoms. The van der Waals surface area contributed by atoms with Gasteiger partial charge in [-0.25, -0.2) is 4.98 Å². The van der Waals surface area contributed by atoms with Crippen LogP contribution in [-0.4, -0.2) is 15.2 Å². The van der Waals surface area contributed by atoms with Crippen LogP contribution in [0.1, 0.15) is 5.01 Å². The Balaban J connectivity index is 2.88. The van der Waals surface area contributed by atoms with E-state index < -0.39 is 0 Å². The average Bonchev–Trinajstić information content (AvgIpc) is 2.27. The molecule has 0 bridgehead atoms. The Morgan fingerprint density at radius 3 is 2.90 bits per heavy atom. The highest BCUT2D eigenvalue weighted by Crippen LogP contribution is 2.18. The summed E-state index contributed by atoms with van der Waals surface area (Å²) in [7, 11) is 0. The van der Waals surface area contributed by atoms with Crippen LogP contribution < -0.4 is 0 Å². The van der Waals surface area contributed by atoms with Gasteiger partial charge in [-0.15, -0.1) is 11.3 Å². The zero-order valence-corrected chi connectivity index (χ0v) is 6.22. The third kappa shape index (κ3) is 0.769. The summed E-state index contributed by atoms with van der Waals surface area (Å²) < 4.78 is 1.10. The van der Waals surface area contributed by atoms with E-state index in [9.17, 15) is 0 Å². The first-order valence-electron chi connectivity index (χ1n) is 2.90. The van der Waals surface area contributed by atoms with Gasteiger partial charge in [0.15, 0.2) is 0 Å². The Labute approximate surface area is 61.7 Å². The number of nitrogens with zero attached hydrogens (tertiary/aromatic N) is 3. The van der Waals surface area contributed by atoms with Crippen LogP contribution in [0.5, 0.6) is 0 Å². The van der Waals surface area contributed by atoms with E-state index in [1.807, 2.05) is 6.92 Å². The average molecular weight is 151 g/mol. The monoisotopic (exact) mass is 151 g/mol. The van der Waals surface area contributed by atoms with Crippen molar-refractivity contribution in [3.63, 3.8) is 0 Å². The fourth-order valence-electron chi connectivity index (χ4n) is 0.818. The van der Waals surface area contributed by atoms with E-state index in [-0.39, 0.29) is 0 Å². The molecule has 0 aromatic carbocycles. The topological polar surface area (TPSA) is 38.7 Å². The van der Waals surface area contributed by atoms with Crippen LogP contribution in [0.25, 0.3) is 10.2 Å². The smallest absolute Gasteiger partial charge is 0.103 e. The summed E-state index contributed by atoms with van der Waals surface area (Å²) in [6, 6.07) is 0. The Kier molecular flexibility index (Phi) is 1.14. The highest BCUT2D eigenvalue weighted by atomic mass is 32.1. The largest absolute Gasteiger partial charge is 0.240 e. The maximum absolute atomic E-state index is 4.23. The molecule has 0 radical (unpaired) electrons. The molecule has 0 unspecified atom stereocenters. The minimum Gasteiger partial charge on any atom is -0.240 e. The Hall–Kier alpha value is -1.03. The predicted molar refractivity (Wildman–Crippen MR) is 39.9 cm³/mol. The third-order valence-corrected chi connectivity index (χ3v) is 2.13. The highest BCUT2D eigenvalue weighted by molar-refractivity contribution is 7.18. The molecule has 0 atom stereocenters. The van der Waals surface area contributed by atoms with E-state index in [0.717, 1.165) is 15.2 Å². The van der Waals surface area contributed by atoms with Gasteiger partial charge in [-0.05, 0) is 6.92 Å². The zero-order valence-electron chi connectivity index (χ0n) is 5.40. The van der Waals surface area contributed by atoms with Gasteiger partial charge in [0.25, 0.3) is 0 Å². The summed E-state index contributed by atoms with van der Waals surface area (Å²) in [5.41, 5.74) is 0.942. The zero-order chi connectivity index (χ0) is 6.97. The fourth-order valence-corrected chi connectivity index (χ4v) is 1.58. The number of thiazole rings is 1. The van der Waals surface area contributed by atoms with Crippen molar-refractivity contribution >= 4 is 21.6 Å². The Bertz CT molecular complexity index is 322. The van der Waals surface area contributed by atoms with E-state index in [2.05, 4.69) is 15.2 Å². The second-order valence-corrected chi connectivity index (χ2v) is 3.21. The van der Waals surface area contributed by atoms with Crippen LogP contribution in [0.3, 0.4) is 0 Å². The molecule has 2 aromatic heterocycles. The maximum atomic E-state index is 4.23. The number of fused-ring (bicyclic) bond motifs is 1. The standard InChI is InChI=1S/C6H5N3S/c1-4-9-5-2-7-8-3-6(5)10-4/h2-3H,1H3. The van der Waals surface area contributed by atoms with Crippen LogP contribution in [0.4, 0.5) is 0 Å². The second-order valence-electron chi connectivity index (χ2n) is 1.97. The molecule has 2 rings (SSSR count). The lowest BCUT2D eigenvalue weighted by Crippen LogP contribution is -1.75. The summed E-state index contributed by atoms with van der Waals surface area (Å²) in [6.45, 7) is 1.98. The minimum atomic E-state index is 0.942. The lowest BCUT2D eigenvalue weighted by molar-refractivity contribution is 1.05. The second kappa shape index (κ2) is 1.98. The summed E-state index contributed by atoms with van der Waals surface area (Å²) >= 11 is 1.64. The first kappa shape index (κ1) is 5.73. The summed E-state index contributed by atoms with van der Waals surface area (Å²) in [4.78, 5) is 4.23. The van der Waals surface area contributed by atoms with Gasteiger partial charge >= 0.3 is 0 Å². The van der Waals surface area contributed by atoms with E-state index in [1.54, 1.807) is 23.7 Å². The minimum absolute atomic E-state index is 0.942. The van der Waals surface area contributed by atoms with Crippen molar-refractivity contribution < 1.29 is 0 Å². The van der Waals surface area contributed by atoms with E-state index in [0.29, 0.717) is 0 Å². The number of hydrogen-bond donors (Lipinski definition) is 0. The maximum Gasteiger partial charge on any atom is 0.103 e. The van der Waals surface area contributed by atoms with Crippen LogP contribution in [0, 0.1) is 6.92 Å². The molecular weight excluding hydrogens is 146 g/mol. The van der Waals surface area contributed by atoms with Gasteiger partial charge in [0.05, 0.1) is 22.1 Å². The molecule has 10 heavy (non-hydrogen) atoms. The van der Waals surface area contributed by atoms with Gasteiger partial charge in [0.2, 0.25) is 0 Å².